The van der Waals surface area contributed by atoms with Crippen LogP contribution in [0.5, 0.6) is 0 Å². The van der Waals surface area contributed by atoms with Crippen LogP contribution in [0.2, 0.25) is 5.15 Å². The molecule has 1 rings (SSSR count). The monoisotopic (exact) mass is 195 g/mol. The zero-order valence-electron chi connectivity index (χ0n) is 5.05. The van der Waals surface area contributed by atoms with Crippen LogP contribution in [0.15, 0.2) is 6.20 Å². The molecule has 6 nitrogen and oxygen atoms in total. The standard InChI is InChI=1S/C3H3ClN3O3P/c4-3-2(11(8,9)10)1-5-7-6-3/h1H,(H2,8,9,10). The minimum absolute atomic E-state index is 0.326. The van der Waals surface area contributed by atoms with Gasteiger partial charge in [-0.3, -0.25) is 4.57 Å². The molecule has 0 aliphatic heterocycles. The Kier molecular flexibility index (Phi) is 2.20. The molecule has 0 spiro atoms. The van der Waals surface area contributed by atoms with Gasteiger partial charge >= 0.3 is 7.60 Å². The summed E-state index contributed by atoms with van der Waals surface area (Å²) < 4.78 is 10.6. The van der Waals surface area contributed by atoms with Crippen LogP contribution in [0.4, 0.5) is 0 Å². The van der Waals surface area contributed by atoms with E-state index >= 15 is 0 Å². The van der Waals surface area contributed by atoms with Crippen LogP contribution >= 0.6 is 19.2 Å². The fourth-order valence-corrected chi connectivity index (χ4v) is 1.35. The number of rotatable bonds is 1. The summed E-state index contributed by atoms with van der Waals surface area (Å²) >= 11 is 5.30. The highest BCUT2D eigenvalue weighted by Crippen LogP contribution is 2.34. The van der Waals surface area contributed by atoms with Crippen LogP contribution in [-0.2, 0) is 4.57 Å². The van der Waals surface area contributed by atoms with Crippen molar-refractivity contribution in [2.24, 2.45) is 0 Å². The molecule has 0 saturated heterocycles. The minimum atomic E-state index is -4.35. The van der Waals surface area contributed by atoms with E-state index < -0.39 is 12.9 Å². The maximum Gasteiger partial charge on any atom is 0.361 e. The third-order valence-corrected chi connectivity index (χ3v) is 2.26. The molecule has 1 aromatic rings. The largest absolute Gasteiger partial charge is 0.361 e. The second-order valence-electron chi connectivity index (χ2n) is 1.65. The quantitative estimate of drug-likeness (QED) is 0.577. The third kappa shape index (κ3) is 1.94. The van der Waals surface area contributed by atoms with Gasteiger partial charge in [0.25, 0.3) is 0 Å². The zero-order valence-corrected chi connectivity index (χ0v) is 6.70. The van der Waals surface area contributed by atoms with Crippen LogP contribution in [0.25, 0.3) is 0 Å². The highest BCUT2D eigenvalue weighted by Gasteiger charge is 2.22. The van der Waals surface area contributed by atoms with Crippen molar-refractivity contribution >= 4 is 24.5 Å². The number of nitrogens with zero attached hydrogens (tertiary/aromatic N) is 3. The van der Waals surface area contributed by atoms with Gasteiger partial charge in [-0.15, -0.1) is 10.2 Å². The number of hydrogen-bond acceptors (Lipinski definition) is 4. The van der Waals surface area contributed by atoms with Crippen LogP contribution in [-0.4, -0.2) is 25.2 Å². The molecule has 0 fully saturated rings. The first-order valence-corrected chi connectivity index (χ1v) is 4.41. The summed E-state index contributed by atoms with van der Waals surface area (Å²) in [4.78, 5) is 17.2. The molecule has 1 heterocycles. The lowest BCUT2D eigenvalue weighted by atomic mass is 10.7. The summed E-state index contributed by atoms with van der Waals surface area (Å²) in [5.74, 6) is 0. The van der Waals surface area contributed by atoms with Gasteiger partial charge in [0.1, 0.15) is 5.30 Å². The number of halogens is 1. The summed E-state index contributed by atoms with van der Waals surface area (Å²) in [7, 11) is -4.35. The second-order valence-corrected chi connectivity index (χ2v) is 3.58. The van der Waals surface area contributed by atoms with Crippen molar-refractivity contribution in [2.45, 2.75) is 0 Å². The Hall–Kier alpha value is -0.550. The van der Waals surface area contributed by atoms with Crippen molar-refractivity contribution < 1.29 is 14.4 Å². The fraction of sp³-hybridized carbons (Fsp3) is 0. The summed E-state index contributed by atoms with van der Waals surface area (Å²) in [5.41, 5.74) is 0. The van der Waals surface area contributed by atoms with E-state index in [2.05, 4.69) is 15.4 Å². The van der Waals surface area contributed by atoms with Gasteiger partial charge in [0.2, 0.25) is 0 Å². The first kappa shape index (κ1) is 8.55. The van der Waals surface area contributed by atoms with Gasteiger partial charge in [-0.2, -0.15) is 0 Å². The van der Waals surface area contributed by atoms with Gasteiger partial charge in [-0.05, 0) is 5.21 Å². The van der Waals surface area contributed by atoms with Gasteiger partial charge in [0.05, 0.1) is 6.20 Å². The average Bonchev–Trinajstić information content (AvgIpc) is 1.86. The summed E-state index contributed by atoms with van der Waals surface area (Å²) in [6.07, 6.45) is 0.885. The predicted octanol–water partition coefficient (Wildman–Crippen LogP) is -0.672. The summed E-state index contributed by atoms with van der Waals surface area (Å²) in [6, 6.07) is 0. The van der Waals surface area contributed by atoms with Crippen molar-refractivity contribution in [2.75, 3.05) is 0 Å². The molecular formula is C3H3ClN3O3P. The minimum Gasteiger partial charge on any atom is -0.321 e. The lowest BCUT2D eigenvalue weighted by molar-refractivity contribution is 0.387. The van der Waals surface area contributed by atoms with E-state index in [0.29, 0.717) is 0 Å². The Morgan fingerprint density at radius 3 is 2.55 bits per heavy atom. The number of aromatic nitrogens is 3. The molecule has 0 amide bonds. The second kappa shape index (κ2) is 2.83. The highest BCUT2D eigenvalue weighted by molar-refractivity contribution is 7.60. The topological polar surface area (TPSA) is 96.2 Å². The molecule has 60 valence electrons. The lowest BCUT2D eigenvalue weighted by Crippen LogP contribution is -2.09. The van der Waals surface area contributed by atoms with E-state index in [9.17, 15) is 4.57 Å². The van der Waals surface area contributed by atoms with Crippen LogP contribution < -0.4 is 5.30 Å². The molecule has 0 radical (unpaired) electrons. The Bertz CT molecular complexity index is 312. The molecule has 0 aliphatic carbocycles. The summed E-state index contributed by atoms with van der Waals surface area (Å²) in [5, 5.41) is 8.68. The van der Waals surface area contributed by atoms with Crippen molar-refractivity contribution in [3.05, 3.63) is 11.3 Å². The van der Waals surface area contributed by atoms with E-state index in [1.54, 1.807) is 0 Å². The van der Waals surface area contributed by atoms with Crippen molar-refractivity contribution in [1.29, 1.82) is 0 Å². The molecule has 0 saturated carbocycles. The van der Waals surface area contributed by atoms with Gasteiger partial charge in [-0.1, -0.05) is 11.6 Å². The van der Waals surface area contributed by atoms with E-state index in [0.717, 1.165) is 6.20 Å². The van der Waals surface area contributed by atoms with Crippen molar-refractivity contribution in [1.82, 2.24) is 15.4 Å². The Morgan fingerprint density at radius 1 is 1.55 bits per heavy atom. The molecule has 1 aromatic heterocycles. The van der Waals surface area contributed by atoms with Crippen molar-refractivity contribution in [3.63, 3.8) is 0 Å². The fourth-order valence-electron chi connectivity index (χ4n) is 0.445. The van der Waals surface area contributed by atoms with E-state index in [4.69, 9.17) is 21.4 Å². The molecule has 11 heavy (non-hydrogen) atoms. The van der Waals surface area contributed by atoms with Crippen LogP contribution in [0, 0.1) is 0 Å². The molecule has 0 bridgehead atoms. The Balaban J connectivity index is 3.25. The maximum atomic E-state index is 10.6. The Labute approximate surface area is 66.4 Å². The van der Waals surface area contributed by atoms with Crippen LogP contribution in [0.3, 0.4) is 0 Å². The average molecular weight is 196 g/mol. The molecule has 8 heteroatoms. The Morgan fingerprint density at radius 2 is 2.18 bits per heavy atom. The lowest BCUT2D eigenvalue weighted by Gasteiger charge is -2.01. The molecule has 0 unspecified atom stereocenters. The van der Waals surface area contributed by atoms with Gasteiger partial charge in [0.15, 0.2) is 5.15 Å². The smallest absolute Gasteiger partial charge is 0.321 e. The van der Waals surface area contributed by atoms with E-state index in [1.165, 1.54) is 0 Å². The highest BCUT2D eigenvalue weighted by atomic mass is 35.5. The van der Waals surface area contributed by atoms with E-state index in [-0.39, 0.29) is 5.15 Å². The zero-order chi connectivity index (χ0) is 8.48. The SMILES string of the molecule is O=P(O)(O)c1cnnnc1Cl. The van der Waals surface area contributed by atoms with Crippen molar-refractivity contribution in [3.8, 4) is 0 Å². The first-order valence-electron chi connectivity index (χ1n) is 2.42. The molecule has 0 atom stereocenters. The van der Waals surface area contributed by atoms with Gasteiger partial charge in [0, 0.05) is 0 Å². The predicted molar refractivity (Wildman–Crippen MR) is 36.5 cm³/mol. The summed E-state index contributed by atoms with van der Waals surface area (Å²) in [6.45, 7) is 0. The van der Waals surface area contributed by atoms with Gasteiger partial charge < -0.3 is 9.79 Å². The number of hydrogen-bond donors (Lipinski definition) is 2. The van der Waals surface area contributed by atoms with Gasteiger partial charge in [-0.25, -0.2) is 0 Å². The molecule has 0 aromatic carbocycles. The van der Waals surface area contributed by atoms with E-state index in [1.807, 2.05) is 0 Å². The maximum absolute atomic E-state index is 10.6. The van der Waals surface area contributed by atoms with Crippen LogP contribution in [0.1, 0.15) is 0 Å². The molecular weight excluding hydrogens is 192 g/mol. The molecule has 0 aliphatic rings. The molecule has 2 N–H and O–H groups in total. The first-order chi connectivity index (χ1) is 5.02. The third-order valence-electron chi connectivity index (χ3n) is 0.889. The normalized spacial score (nSPS) is 11.5.